The van der Waals surface area contributed by atoms with Crippen LogP contribution in [-0.4, -0.2) is 23.5 Å². The van der Waals surface area contributed by atoms with Gasteiger partial charge < -0.3 is 10.1 Å². The fourth-order valence-corrected chi connectivity index (χ4v) is 1.47. The van der Waals surface area contributed by atoms with Crippen LogP contribution in [0.5, 0.6) is 5.75 Å². The molecule has 1 atom stereocenters. The average Bonchev–Trinajstić information content (AvgIpc) is 2.29. The standard InChI is InChI=1S/C11H17BrN2O/c1-3-9(12)6-8-14-11-10(15-2)5-4-7-13-11/h4-5,7,9H,3,6,8H2,1-2H3,(H,13,14). The van der Waals surface area contributed by atoms with E-state index in [0.717, 1.165) is 31.0 Å². The van der Waals surface area contributed by atoms with E-state index in [0.29, 0.717) is 4.83 Å². The summed E-state index contributed by atoms with van der Waals surface area (Å²) in [5.41, 5.74) is 0. The Balaban J connectivity index is 2.43. The topological polar surface area (TPSA) is 34.2 Å². The molecular weight excluding hydrogens is 256 g/mol. The van der Waals surface area contributed by atoms with E-state index in [1.165, 1.54) is 0 Å². The predicted molar refractivity (Wildman–Crippen MR) is 66.9 cm³/mol. The number of nitrogens with one attached hydrogen (secondary N) is 1. The van der Waals surface area contributed by atoms with Gasteiger partial charge in [-0.05, 0) is 25.0 Å². The van der Waals surface area contributed by atoms with Crippen molar-refractivity contribution in [2.45, 2.75) is 24.6 Å². The number of alkyl halides is 1. The number of nitrogens with zero attached hydrogens (tertiary/aromatic N) is 1. The SMILES string of the molecule is CCC(Br)CCNc1ncccc1OC. The van der Waals surface area contributed by atoms with Gasteiger partial charge in [-0.15, -0.1) is 0 Å². The van der Waals surface area contributed by atoms with Gasteiger partial charge in [0.05, 0.1) is 7.11 Å². The summed E-state index contributed by atoms with van der Waals surface area (Å²) in [5.74, 6) is 1.61. The van der Waals surface area contributed by atoms with E-state index in [-0.39, 0.29) is 0 Å². The molecule has 1 rings (SSSR count). The minimum atomic E-state index is 0.569. The van der Waals surface area contributed by atoms with Crippen LogP contribution in [0.3, 0.4) is 0 Å². The molecule has 4 heteroatoms. The van der Waals surface area contributed by atoms with Gasteiger partial charge in [0.2, 0.25) is 0 Å². The first-order chi connectivity index (χ1) is 7.27. The number of ether oxygens (including phenoxy) is 1. The molecule has 0 saturated heterocycles. The maximum atomic E-state index is 5.19. The normalized spacial score (nSPS) is 12.2. The van der Waals surface area contributed by atoms with Crippen molar-refractivity contribution in [3.05, 3.63) is 18.3 Å². The number of hydrogen-bond acceptors (Lipinski definition) is 3. The molecule has 0 aliphatic carbocycles. The highest BCUT2D eigenvalue weighted by Gasteiger charge is 2.04. The number of rotatable bonds is 6. The second kappa shape index (κ2) is 6.67. The monoisotopic (exact) mass is 272 g/mol. The summed E-state index contributed by atoms with van der Waals surface area (Å²) in [7, 11) is 1.65. The lowest BCUT2D eigenvalue weighted by Crippen LogP contribution is -2.09. The molecule has 0 aliphatic heterocycles. The lowest BCUT2D eigenvalue weighted by molar-refractivity contribution is 0.415. The molecule has 0 fully saturated rings. The Bertz CT molecular complexity index is 294. The van der Waals surface area contributed by atoms with Crippen molar-refractivity contribution in [3.8, 4) is 5.75 Å². The van der Waals surface area contributed by atoms with Crippen molar-refractivity contribution in [1.29, 1.82) is 0 Å². The smallest absolute Gasteiger partial charge is 0.168 e. The van der Waals surface area contributed by atoms with Crippen LogP contribution in [0.1, 0.15) is 19.8 Å². The molecule has 0 spiro atoms. The second-order valence-corrected chi connectivity index (χ2v) is 4.57. The molecular formula is C11H17BrN2O. The lowest BCUT2D eigenvalue weighted by Gasteiger charge is -2.11. The summed E-state index contributed by atoms with van der Waals surface area (Å²) in [6, 6.07) is 3.77. The highest BCUT2D eigenvalue weighted by atomic mass is 79.9. The van der Waals surface area contributed by atoms with Crippen LogP contribution < -0.4 is 10.1 Å². The number of anilines is 1. The molecule has 0 amide bonds. The first-order valence-corrected chi connectivity index (χ1v) is 6.06. The van der Waals surface area contributed by atoms with Gasteiger partial charge in [0.1, 0.15) is 0 Å². The van der Waals surface area contributed by atoms with Crippen molar-refractivity contribution in [1.82, 2.24) is 4.98 Å². The van der Waals surface area contributed by atoms with E-state index in [9.17, 15) is 0 Å². The Morgan fingerprint density at radius 1 is 1.60 bits per heavy atom. The van der Waals surface area contributed by atoms with Gasteiger partial charge >= 0.3 is 0 Å². The molecule has 1 unspecified atom stereocenters. The van der Waals surface area contributed by atoms with Crippen LogP contribution in [-0.2, 0) is 0 Å². The fraction of sp³-hybridized carbons (Fsp3) is 0.545. The largest absolute Gasteiger partial charge is 0.493 e. The molecule has 84 valence electrons. The number of hydrogen-bond donors (Lipinski definition) is 1. The average molecular weight is 273 g/mol. The fourth-order valence-electron chi connectivity index (χ4n) is 1.24. The third-order valence-corrected chi connectivity index (χ3v) is 3.29. The molecule has 0 aliphatic rings. The van der Waals surface area contributed by atoms with Gasteiger partial charge in [0.15, 0.2) is 11.6 Å². The van der Waals surface area contributed by atoms with Gasteiger partial charge in [-0.3, -0.25) is 0 Å². The number of halogens is 1. The van der Waals surface area contributed by atoms with Gasteiger partial charge in [0, 0.05) is 17.6 Å². The summed E-state index contributed by atoms with van der Waals surface area (Å²) in [6.07, 6.45) is 3.98. The zero-order valence-electron chi connectivity index (χ0n) is 9.16. The zero-order chi connectivity index (χ0) is 11.1. The molecule has 0 bridgehead atoms. The van der Waals surface area contributed by atoms with E-state index >= 15 is 0 Å². The summed E-state index contributed by atoms with van der Waals surface area (Å²) in [5, 5.41) is 3.26. The van der Waals surface area contributed by atoms with Crippen LogP contribution in [0.4, 0.5) is 5.82 Å². The number of pyridine rings is 1. The first kappa shape index (κ1) is 12.3. The molecule has 0 aromatic carbocycles. The summed E-state index contributed by atoms with van der Waals surface area (Å²) >= 11 is 3.59. The first-order valence-electron chi connectivity index (χ1n) is 5.14. The molecule has 15 heavy (non-hydrogen) atoms. The van der Waals surface area contributed by atoms with Crippen molar-refractivity contribution >= 4 is 21.7 Å². The minimum absolute atomic E-state index is 0.569. The lowest BCUT2D eigenvalue weighted by atomic mass is 10.2. The summed E-state index contributed by atoms with van der Waals surface area (Å²) in [4.78, 5) is 4.79. The predicted octanol–water partition coefficient (Wildman–Crippen LogP) is 3.07. The quantitative estimate of drug-likeness (QED) is 0.809. The Hall–Kier alpha value is -0.770. The van der Waals surface area contributed by atoms with Crippen LogP contribution >= 0.6 is 15.9 Å². The van der Waals surface area contributed by atoms with Crippen LogP contribution in [0, 0.1) is 0 Å². The van der Waals surface area contributed by atoms with Crippen molar-refractivity contribution in [3.63, 3.8) is 0 Å². The summed E-state index contributed by atoms with van der Waals surface area (Å²) < 4.78 is 5.19. The van der Waals surface area contributed by atoms with Gasteiger partial charge in [0.25, 0.3) is 0 Å². The highest BCUT2D eigenvalue weighted by Crippen LogP contribution is 2.20. The highest BCUT2D eigenvalue weighted by molar-refractivity contribution is 9.09. The zero-order valence-corrected chi connectivity index (χ0v) is 10.8. The number of aromatic nitrogens is 1. The Morgan fingerprint density at radius 3 is 3.07 bits per heavy atom. The third-order valence-electron chi connectivity index (χ3n) is 2.18. The van der Waals surface area contributed by atoms with Crippen molar-refractivity contribution in [2.24, 2.45) is 0 Å². The van der Waals surface area contributed by atoms with E-state index in [1.807, 2.05) is 12.1 Å². The van der Waals surface area contributed by atoms with Crippen LogP contribution in [0.25, 0.3) is 0 Å². The van der Waals surface area contributed by atoms with Crippen LogP contribution in [0.2, 0.25) is 0 Å². The van der Waals surface area contributed by atoms with Gasteiger partial charge in [-0.25, -0.2) is 4.98 Å². The Morgan fingerprint density at radius 2 is 2.40 bits per heavy atom. The molecule has 1 N–H and O–H groups in total. The van der Waals surface area contributed by atoms with Crippen molar-refractivity contribution < 1.29 is 4.74 Å². The molecule has 1 aromatic rings. The van der Waals surface area contributed by atoms with Gasteiger partial charge in [-0.1, -0.05) is 22.9 Å². The number of methoxy groups -OCH3 is 1. The second-order valence-electron chi connectivity index (χ2n) is 3.28. The minimum Gasteiger partial charge on any atom is -0.493 e. The maximum Gasteiger partial charge on any atom is 0.168 e. The molecule has 0 radical (unpaired) electrons. The van der Waals surface area contributed by atoms with Crippen molar-refractivity contribution in [2.75, 3.05) is 19.0 Å². The Kier molecular flexibility index (Phi) is 5.47. The molecule has 0 saturated carbocycles. The molecule has 1 heterocycles. The Labute approximate surface area is 99.4 Å². The van der Waals surface area contributed by atoms with Gasteiger partial charge in [-0.2, -0.15) is 0 Å². The molecule has 1 aromatic heterocycles. The third kappa shape index (κ3) is 4.08. The van der Waals surface area contributed by atoms with E-state index in [4.69, 9.17) is 4.74 Å². The summed E-state index contributed by atoms with van der Waals surface area (Å²) in [6.45, 7) is 3.07. The van der Waals surface area contributed by atoms with E-state index < -0.39 is 0 Å². The van der Waals surface area contributed by atoms with E-state index in [2.05, 4.69) is 33.2 Å². The molecule has 3 nitrogen and oxygen atoms in total. The maximum absolute atomic E-state index is 5.19. The van der Waals surface area contributed by atoms with Crippen LogP contribution in [0.15, 0.2) is 18.3 Å². The van der Waals surface area contributed by atoms with E-state index in [1.54, 1.807) is 13.3 Å².